The Morgan fingerprint density at radius 2 is 1.91 bits per heavy atom. The van der Waals surface area contributed by atoms with Crippen LogP contribution in [0.2, 0.25) is 0 Å². The van der Waals surface area contributed by atoms with Crippen molar-refractivity contribution in [3.05, 3.63) is 47.7 Å². The van der Waals surface area contributed by atoms with E-state index in [9.17, 15) is 9.59 Å². The van der Waals surface area contributed by atoms with E-state index in [-0.39, 0.29) is 24.0 Å². The number of nitrogens with zero attached hydrogens (tertiary/aromatic N) is 1. The van der Waals surface area contributed by atoms with Crippen LogP contribution in [-0.2, 0) is 19.0 Å². The van der Waals surface area contributed by atoms with Gasteiger partial charge in [0.1, 0.15) is 6.10 Å². The number of esters is 1. The van der Waals surface area contributed by atoms with Crippen molar-refractivity contribution in [2.24, 2.45) is 0 Å². The number of Topliss-reactive ketones (excluding diaryl/α,β-unsaturated/α-hetero) is 1. The number of ketones is 1. The fraction of sp³-hybridized carbons (Fsp3) is 0.519. The van der Waals surface area contributed by atoms with Gasteiger partial charge in [0.2, 0.25) is 0 Å². The number of para-hydroxylation sites is 1. The van der Waals surface area contributed by atoms with Gasteiger partial charge in [0.05, 0.1) is 24.4 Å². The quantitative estimate of drug-likeness (QED) is 0.240. The highest BCUT2D eigenvalue weighted by Gasteiger charge is 2.39. The molecule has 6 heteroatoms. The normalized spacial score (nSPS) is 19.9. The number of carbonyl (C=O) groups excluding carboxylic acids is 2. The number of unbranched alkanes of at least 4 members (excludes halogenated alkanes) is 2. The van der Waals surface area contributed by atoms with E-state index in [1.54, 1.807) is 0 Å². The molecule has 0 aliphatic carbocycles. The number of hydrogen-bond acceptors (Lipinski definition) is 6. The summed E-state index contributed by atoms with van der Waals surface area (Å²) in [4.78, 5) is 29.2. The first-order valence-corrected chi connectivity index (χ1v) is 11.9. The molecule has 0 unspecified atom stereocenters. The van der Waals surface area contributed by atoms with Crippen molar-refractivity contribution in [1.82, 2.24) is 4.98 Å². The fourth-order valence-corrected chi connectivity index (χ4v) is 4.14. The minimum absolute atomic E-state index is 0.111. The summed E-state index contributed by atoms with van der Waals surface area (Å²) in [5.74, 6) is -0.840. The Bertz CT molecular complexity index is 997. The Balaban J connectivity index is 1.83. The Morgan fingerprint density at radius 1 is 1.12 bits per heavy atom. The van der Waals surface area contributed by atoms with E-state index in [4.69, 9.17) is 19.2 Å². The minimum atomic E-state index is -0.722. The van der Waals surface area contributed by atoms with E-state index in [1.807, 2.05) is 56.3 Å². The van der Waals surface area contributed by atoms with Gasteiger partial charge in [-0.25, -0.2) is 4.98 Å². The summed E-state index contributed by atoms with van der Waals surface area (Å²) < 4.78 is 16.9. The van der Waals surface area contributed by atoms with Gasteiger partial charge in [0, 0.05) is 23.8 Å². The summed E-state index contributed by atoms with van der Waals surface area (Å²) >= 11 is 0. The smallest absolute Gasteiger partial charge is 0.305 e. The third kappa shape index (κ3) is 6.95. The van der Waals surface area contributed by atoms with Gasteiger partial charge in [0.15, 0.2) is 11.6 Å². The van der Waals surface area contributed by atoms with Crippen molar-refractivity contribution in [1.29, 1.82) is 0 Å². The standard InChI is InChI=1S/C27H35NO5/c1-5-6-7-13-23(29)20-18-19-11-8-9-12-21(19)28-22(20)16-17-25-24(32-27(2,3)33-25)14-10-15-26(30)31-4/h8-9,11-12,16-18,24-25H,5-7,10,13-15H2,1-4H3/b17-16+/t24-,25+/m0/s1. The van der Waals surface area contributed by atoms with Crippen LogP contribution >= 0.6 is 0 Å². The van der Waals surface area contributed by atoms with E-state index in [1.165, 1.54) is 7.11 Å². The number of hydrogen-bond donors (Lipinski definition) is 0. The first kappa shape index (κ1) is 25.1. The second kappa shape index (κ2) is 11.5. The molecule has 178 valence electrons. The van der Waals surface area contributed by atoms with Crippen LogP contribution in [0.1, 0.15) is 81.8 Å². The molecule has 1 aliphatic rings. The third-order valence-corrected chi connectivity index (χ3v) is 5.82. The minimum Gasteiger partial charge on any atom is -0.469 e. The van der Waals surface area contributed by atoms with Gasteiger partial charge in [-0.2, -0.15) is 0 Å². The summed E-state index contributed by atoms with van der Waals surface area (Å²) in [5, 5.41) is 0.954. The lowest BCUT2D eigenvalue weighted by Gasteiger charge is -2.16. The molecule has 0 spiro atoms. The van der Waals surface area contributed by atoms with E-state index in [2.05, 4.69) is 6.92 Å². The predicted octanol–water partition coefficient (Wildman–Crippen LogP) is 5.87. The highest BCUT2D eigenvalue weighted by atomic mass is 16.7. The highest BCUT2D eigenvalue weighted by Crippen LogP contribution is 2.32. The number of carbonyl (C=O) groups is 2. The Morgan fingerprint density at radius 3 is 2.67 bits per heavy atom. The molecule has 1 aliphatic heterocycles. The first-order chi connectivity index (χ1) is 15.8. The van der Waals surface area contributed by atoms with Crippen LogP contribution in [0.15, 0.2) is 36.4 Å². The maximum absolute atomic E-state index is 13.0. The van der Waals surface area contributed by atoms with E-state index >= 15 is 0 Å². The second-order valence-corrected chi connectivity index (χ2v) is 8.96. The average molecular weight is 454 g/mol. The Kier molecular flexibility index (Phi) is 8.75. The summed E-state index contributed by atoms with van der Waals surface area (Å²) in [6.45, 7) is 5.89. The summed E-state index contributed by atoms with van der Waals surface area (Å²) in [6.07, 6.45) is 8.48. The molecular weight excluding hydrogens is 418 g/mol. The van der Waals surface area contributed by atoms with Crippen LogP contribution in [0.25, 0.3) is 17.0 Å². The zero-order valence-corrected chi connectivity index (χ0v) is 20.1. The molecule has 1 aromatic carbocycles. The van der Waals surface area contributed by atoms with Crippen molar-refractivity contribution in [3.63, 3.8) is 0 Å². The molecule has 0 amide bonds. The van der Waals surface area contributed by atoms with E-state index in [0.717, 1.165) is 30.2 Å². The molecular formula is C27H35NO5. The monoisotopic (exact) mass is 453 g/mol. The molecule has 3 rings (SSSR count). The Hall–Kier alpha value is -2.57. The van der Waals surface area contributed by atoms with Gasteiger partial charge in [-0.1, -0.05) is 44.0 Å². The van der Waals surface area contributed by atoms with Gasteiger partial charge in [-0.15, -0.1) is 0 Å². The van der Waals surface area contributed by atoms with Crippen LogP contribution in [0, 0.1) is 0 Å². The first-order valence-electron chi connectivity index (χ1n) is 11.9. The molecule has 0 bridgehead atoms. The van der Waals surface area contributed by atoms with Crippen molar-refractivity contribution < 1.29 is 23.8 Å². The van der Waals surface area contributed by atoms with Gasteiger partial charge in [-0.05, 0) is 51.3 Å². The van der Waals surface area contributed by atoms with Gasteiger partial charge in [-0.3, -0.25) is 9.59 Å². The molecule has 6 nitrogen and oxygen atoms in total. The third-order valence-electron chi connectivity index (χ3n) is 5.82. The van der Waals surface area contributed by atoms with E-state index in [0.29, 0.717) is 36.9 Å². The number of methoxy groups -OCH3 is 1. The molecule has 33 heavy (non-hydrogen) atoms. The van der Waals surface area contributed by atoms with Crippen LogP contribution < -0.4 is 0 Å². The summed E-state index contributed by atoms with van der Waals surface area (Å²) in [7, 11) is 1.39. The fourth-order valence-electron chi connectivity index (χ4n) is 4.14. The van der Waals surface area contributed by atoms with Gasteiger partial charge in [0.25, 0.3) is 0 Å². The number of rotatable bonds is 11. The average Bonchev–Trinajstić information content (AvgIpc) is 3.10. The zero-order valence-electron chi connectivity index (χ0n) is 20.1. The zero-order chi connectivity index (χ0) is 23.8. The summed E-state index contributed by atoms with van der Waals surface area (Å²) in [5.41, 5.74) is 2.14. The number of pyridine rings is 1. The van der Waals surface area contributed by atoms with Crippen LogP contribution in [-0.4, -0.2) is 41.8 Å². The molecule has 2 aromatic rings. The lowest BCUT2D eigenvalue weighted by atomic mass is 10.00. The molecule has 1 saturated heterocycles. The predicted molar refractivity (Wildman–Crippen MR) is 129 cm³/mol. The molecule has 0 saturated carbocycles. The number of benzene rings is 1. The van der Waals surface area contributed by atoms with Crippen molar-refractivity contribution in [3.8, 4) is 0 Å². The van der Waals surface area contributed by atoms with Gasteiger partial charge >= 0.3 is 5.97 Å². The maximum atomic E-state index is 13.0. The lowest BCUT2D eigenvalue weighted by molar-refractivity contribution is -0.144. The number of fused-ring (bicyclic) bond motifs is 1. The SMILES string of the molecule is CCCCCC(=O)c1cc2ccccc2nc1/C=C/[C@H]1OC(C)(C)O[C@H]1CCCC(=O)OC. The summed E-state index contributed by atoms with van der Waals surface area (Å²) in [6, 6.07) is 9.77. The Labute approximate surface area is 196 Å². The molecule has 0 radical (unpaired) electrons. The maximum Gasteiger partial charge on any atom is 0.305 e. The van der Waals surface area contributed by atoms with Crippen molar-refractivity contribution in [2.75, 3.05) is 7.11 Å². The molecule has 0 N–H and O–H groups in total. The molecule has 2 heterocycles. The lowest BCUT2D eigenvalue weighted by Crippen LogP contribution is -2.21. The van der Waals surface area contributed by atoms with E-state index < -0.39 is 5.79 Å². The number of ether oxygens (including phenoxy) is 3. The topological polar surface area (TPSA) is 74.7 Å². The molecule has 2 atom stereocenters. The largest absolute Gasteiger partial charge is 0.469 e. The number of aromatic nitrogens is 1. The van der Waals surface area contributed by atoms with Crippen LogP contribution in [0.4, 0.5) is 0 Å². The second-order valence-electron chi connectivity index (χ2n) is 8.96. The van der Waals surface area contributed by atoms with Crippen molar-refractivity contribution in [2.45, 2.75) is 83.7 Å². The molecule has 1 fully saturated rings. The molecule has 1 aromatic heterocycles. The van der Waals surface area contributed by atoms with Crippen LogP contribution in [0.5, 0.6) is 0 Å². The van der Waals surface area contributed by atoms with Gasteiger partial charge < -0.3 is 14.2 Å². The van der Waals surface area contributed by atoms with Crippen molar-refractivity contribution >= 4 is 28.7 Å². The van der Waals surface area contributed by atoms with Crippen LogP contribution in [0.3, 0.4) is 0 Å². The highest BCUT2D eigenvalue weighted by molar-refractivity contribution is 6.01.